The lowest BCUT2D eigenvalue weighted by Crippen LogP contribution is -2.59. The summed E-state index contributed by atoms with van der Waals surface area (Å²) in [5, 5.41) is 12.6. The molecule has 108 valence electrons. The van der Waals surface area contributed by atoms with Crippen LogP contribution in [0.5, 0.6) is 0 Å². The molecular formula is C17H20N4. The predicted molar refractivity (Wildman–Crippen MR) is 84.2 cm³/mol. The van der Waals surface area contributed by atoms with Crippen molar-refractivity contribution in [1.29, 1.82) is 0 Å². The van der Waals surface area contributed by atoms with Gasteiger partial charge in [-0.25, -0.2) is 0 Å². The summed E-state index contributed by atoms with van der Waals surface area (Å²) in [7, 11) is 0. The second kappa shape index (κ2) is 5.45. The van der Waals surface area contributed by atoms with E-state index in [1.807, 2.05) is 18.2 Å². The normalized spacial score (nSPS) is 24.9. The molecule has 0 spiro atoms. The fourth-order valence-corrected chi connectivity index (χ4v) is 3.45. The van der Waals surface area contributed by atoms with Crippen LogP contribution in [0.4, 0.5) is 5.82 Å². The third kappa shape index (κ3) is 2.63. The quantitative estimate of drug-likeness (QED) is 0.917. The molecule has 4 rings (SSSR count). The Morgan fingerprint density at radius 3 is 2.33 bits per heavy atom. The zero-order chi connectivity index (χ0) is 14.1. The number of fused-ring (bicyclic) bond motifs is 2. The SMILES string of the molecule is c1ccc(-c2ccc(N3CC4CCCC(C3)N4)nn2)cc1. The molecule has 1 aromatic carbocycles. The first-order valence-corrected chi connectivity index (χ1v) is 7.78. The number of hydrogen-bond acceptors (Lipinski definition) is 4. The minimum atomic E-state index is 0.619. The van der Waals surface area contributed by atoms with E-state index < -0.39 is 0 Å². The van der Waals surface area contributed by atoms with Crippen LogP contribution in [0.3, 0.4) is 0 Å². The molecule has 2 aliphatic rings. The average molecular weight is 280 g/mol. The number of rotatable bonds is 2. The molecule has 2 bridgehead atoms. The van der Waals surface area contributed by atoms with Gasteiger partial charge < -0.3 is 10.2 Å². The Labute approximate surface area is 125 Å². The summed E-state index contributed by atoms with van der Waals surface area (Å²) in [5.74, 6) is 1.01. The van der Waals surface area contributed by atoms with Gasteiger partial charge in [0, 0.05) is 30.7 Å². The summed E-state index contributed by atoms with van der Waals surface area (Å²) in [6, 6.07) is 15.6. The number of benzene rings is 1. The van der Waals surface area contributed by atoms with Crippen LogP contribution in [0.15, 0.2) is 42.5 Å². The van der Waals surface area contributed by atoms with Crippen LogP contribution in [-0.4, -0.2) is 35.4 Å². The van der Waals surface area contributed by atoms with Crippen molar-refractivity contribution in [1.82, 2.24) is 15.5 Å². The topological polar surface area (TPSA) is 41.0 Å². The first-order valence-electron chi connectivity index (χ1n) is 7.78. The molecule has 3 heterocycles. The predicted octanol–water partition coefficient (Wildman–Crippen LogP) is 2.47. The third-order valence-corrected chi connectivity index (χ3v) is 4.50. The van der Waals surface area contributed by atoms with Crippen molar-refractivity contribution in [3.63, 3.8) is 0 Å². The highest BCUT2D eigenvalue weighted by Crippen LogP contribution is 2.24. The van der Waals surface area contributed by atoms with Gasteiger partial charge in [0.1, 0.15) is 0 Å². The Balaban J connectivity index is 1.54. The Hall–Kier alpha value is -1.94. The minimum Gasteiger partial charge on any atom is -0.352 e. The van der Waals surface area contributed by atoms with Crippen molar-refractivity contribution in [2.24, 2.45) is 0 Å². The molecule has 0 saturated carbocycles. The lowest BCUT2D eigenvalue weighted by atomic mass is 9.94. The van der Waals surface area contributed by atoms with E-state index in [1.54, 1.807) is 0 Å². The zero-order valence-electron chi connectivity index (χ0n) is 12.1. The fraction of sp³-hybridized carbons (Fsp3) is 0.412. The van der Waals surface area contributed by atoms with Gasteiger partial charge in [0.2, 0.25) is 0 Å². The maximum Gasteiger partial charge on any atom is 0.151 e. The molecule has 0 amide bonds. The Morgan fingerprint density at radius 2 is 1.67 bits per heavy atom. The number of nitrogens with one attached hydrogen (secondary N) is 1. The Kier molecular flexibility index (Phi) is 3.31. The van der Waals surface area contributed by atoms with E-state index in [-0.39, 0.29) is 0 Å². The second-order valence-corrected chi connectivity index (χ2v) is 6.04. The number of aromatic nitrogens is 2. The van der Waals surface area contributed by atoms with Gasteiger partial charge in [0.25, 0.3) is 0 Å². The van der Waals surface area contributed by atoms with Gasteiger partial charge in [-0.2, -0.15) is 0 Å². The number of nitrogens with zero attached hydrogens (tertiary/aromatic N) is 3. The van der Waals surface area contributed by atoms with Gasteiger partial charge in [0.15, 0.2) is 5.82 Å². The van der Waals surface area contributed by atoms with Crippen molar-refractivity contribution in [2.45, 2.75) is 31.3 Å². The summed E-state index contributed by atoms with van der Waals surface area (Å²) in [6.45, 7) is 2.10. The second-order valence-electron chi connectivity index (χ2n) is 6.04. The summed E-state index contributed by atoms with van der Waals surface area (Å²) in [5.41, 5.74) is 2.06. The summed E-state index contributed by atoms with van der Waals surface area (Å²) < 4.78 is 0. The van der Waals surface area contributed by atoms with E-state index in [0.717, 1.165) is 30.2 Å². The third-order valence-electron chi connectivity index (χ3n) is 4.50. The first-order chi connectivity index (χ1) is 10.4. The highest BCUT2D eigenvalue weighted by molar-refractivity contribution is 5.59. The van der Waals surface area contributed by atoms with Crippen molar-refractivity contribution in [3.05, 3.63) is 42.5 Å². The number of hydrogen-bond donors (Lipinski definition) is 1. The van der Waals surface area contributed by atoms with Crippen LogP contribution in [0.25, 0.3) is 11.3 Å². The fourth-order valence-electron chi connectivity index (χ4n) is 3.45. The molecule has 4 heteroatoms. The molecule has 2 aliphatic heterocycles. The molecule has 1 aromatic heterocycles. The standard InChI is InChI=1S/C17H20N4/c1-2-5-13(6-3-1)16-9-10-17(20-19-16)21-11-14-7-4-8-15(12-21)18-14/h1-3,5-6,9-10,14-15,18H,4,7-8,11-12H2. The molecular weight excluding hydrogens is 260 g/mol. The van der Waals surface area contributed by atoms with Crippen LogP contribution >= 0.6 is 0 Å². The van der Waals surface area contributed by atoms with E-state index in [1.165, 1.54) is 19.3 Å². The monoisotopic (exact) mass is 280 g/mol. The molecule has 4 nitrogen and oxygen atoms in total. The number of piperazine rings is 1. The molecule has 2 fully saturated rings. The van der Waals surface area contributed by atoms with Crippen molar-refractivity contribution < 1.29 is 0 Å². The van der Waals surface area contributed by atoms with Crippen LogP contribution in [-0.2, 0) is 0 Å². The first kappa shape index (κ1) is 12.8. The van der Waals surface area contributed by atoms with Gasteiger partial charge in [-0.1, -0.05) is 36.8 Å². The van der Waals surface area contributed by atoms with Crippen molar-refractivity contribution in [2.75, 3.05) is 18.0 Å². The average Bonchev–Trinajstić information content (AvgIpc) is 2.55. The van der Waals surface area contributed by atoms with Gasteiger partial charge in [-0.05, 0) is 25.0 Å². The van der Waals surface area contributed by atoms with E-state index in [4.69, 9.17) is 0 Å². The Bertz CT molecular complexity index is 584. The van der Waals surface area contributed by atoms with Gasteiger partial charge in [0.05, 0.1) is 5.69 Å². The molecule has 0 radical (unpaired) electrons. The van der Waals surface area contributed by atoms with Crippen LogP contribution in [0.1, 0.15) is 19.3 Å². The molecule has 2 aromatic rings. The largest absolute Gasteiger partial charge is 0.352 e. The summed E-state index contributed by atoms with van der Waals surface area (Å²) >= 11 is 0. The van der Waals surface area contributed by atoms with Crippen LogP contribution in [0.2, 0.25) is 0 Å². The lowest BCUT2D eigenvalue weighted by Gasteiger charge is -2.42. The van der Waals surface area contributed by atoms with Gasteiger partial charge in [-0.3, -0.25) is 0 Å². The molecule has 2 atom stereocenters. The zero-order valence-corrected chi connectivity index (χ0v) is 12.1. The minimum absolute atomic E-state index is 0.619. The van der Waals surface area contributed by atoms with Gasteiger partial charge in [-0.15, -0.1) is 10.2 Å². The van der Waals surface area contributed by atoms with Gasteiger partial charge >= 0.3 is 0 Å². The Morgan fingerprint density at radius 1 is 0.905 bits per heavy atom. The lowest BCUT2D eigenvalue weighted by molar-refractivity contribution is 0.282. The van der Waals surface area contributed by atoms with E-state index in [0.29, 0.717) is 12.1 Å². The highest BCUT2D eigenvalue weighted by Gasteiger charge is 2.30. The van der Waals surface area contributed by atoms with E-state index >= 15 is 0 Å². The van der Waals surface area contributed by atoms with Crippen LogP contribution < -0.4 is 10.2 Å². The maximum atomic E-state index is 4.45. The molecule has 2 saturated heterocycles. The van der Waals surface area contributed by atoms with E-state index in [9.17, 15) is 0 Å². The van der Waals surface area contributed by atoms with E-state index in [2.05, 4.69) is 44.7 Å². The highest BCUT2D eigenvalue weighted by atomic mass is 15.3. The number of anilines is 1. The summed E-state index contributed by atoms with van der Waals surface area (Å²) in [4.78, 5) is 2.38. The molecule has 2 unspecified atom stereocenters. The van der Waals surface area contributed by atoms with Crippen molar-refractivity contribution in [3.8, 4) is 11.3 Å². The molecule has 21 heavy (non-hydrogen) atoms. The van der Waals surface area contributed by atoms with Crippen LogP contribution in [0, 0.1) is 0 Å². The number of piperidine rings is 1. The smallest absolute Gasteiger partial charge is 0.151 e. The maximum absolute atomic E-state index is 4.45. The summed E-state index contributed by atoms with van der Waals surface area (Å²) in [6.07, 6.45) is 3.92. The van der Waals surface area contributed by atoms with Crippen molar-refractivity contribution >= 4 is 5.82 Å². The molecule has 0 aliphatic carbocycles. The molecule has 1 N–H and O–H groups in total.